The number of nitrogens with one attached hydrogen (secondary N) is 1. The Hall–Kier alpha value is -3.65. The molecule has 0 bridgehead atoms. The molecule has 3 aromatic rings. The summed E-state index contributed by atoms with van der Waals surface area (Å²) in [5.41, 5.74) is 4.22. The lowest BCUT2D eigenvalue weighted by atomic mass is 10.1. The standard InChI is InChI=1S/C22H20N4O/c1-3-26(19-9-6-7-16(2)13-19)22(27)21-14-18(11-12-24-21)25-20-10-5-4-8-17(20)15-23/h4-14H,3H2,1-2H3,(H,24,25). The second-order valence-electron chi connectivity index (χ2n) is 6.10. The molecule has 1 heterocycles. The van der Waals surface area contributed by atoms with Crippen LogP contribution in [0.5, 0.6) is 0 Å². The highest BCUT2D eigenvalue weighted by Gasteiger charge is 2.18. The summed E-state index contributed by atoms with van der Waals surface area (Å²) in [7, 11) is 0. The lowest BCUT2D eigenvalue weighted by Gasteiger charge is -2.21. The Morgan fingerprint density at radius 3 is 2.70 bits per heavy atom. The van der Waals surface area contributed by atoms with Crippen molar-refractivity contribution in [2.45, 2.75) is 13.8 Å². The summed E-state index contributed by atoms with van der Waals surface area (Å²) in [6, 6.07) is 20.7. The summed E-state index contributed by atoms with van der Waals surface area (Å²) in [6.07, 6.45) is 1.59. The van der Waals surface area contributed by atoms with E-state index in [4.69, 9.17) is 0 Å². The van der Waals surface area contributed by atoms with Crippen LogP contribution < -0.4 is 10.2 Å². The number of hydrogen-bond donors (Lipinski definition) is 1. The second-order valence-corrected chi connectivity index (χ2v) is 6.10. The molecule has 0 aliphatic heterocycles. The maximum atomic E-state index is 13.0. The first-order valence-corrected chi connectivity index (χ1v) is 8.73. The molecule has 0 saturated heterocycles. The van der Waals surface area contributed by atoms with E-state index in [1.54, 1.807) is 29.3 Å². The molecule has 0 radical (unpaired) electrons. The zero-order valence-corrected chi connectivity index (χ0v) is 15.3. The Bertz CT molecular complexity index is 1010. The average molecular weight is 356 g/mol. The van der Waals surface area contributed by atoms with Gasteiger partial charge in [0.1, 0.15) is 11.8 Å². The normalized spacial score (nSPS) is 10.1. The molecule has 27 heavy (non-hydrogen) atoms. The lowest BCUT2D eigenvalue weighted by molar-refractivity contribution is 0.0983. The molecule has 0 aliphatic carbocycles. The van der Waals surface area contributed by atoms with Gasteiger partial charge in [-0.05, 0) is 55.8 Å². The first-order chi connectivity index (χ1) is 13.1. The third-order valence-electron chi connectivity index (χ3n) is 4.18. The van der Waals surface area contributed by atoms with Crippen LogP contribution in [0.25, 0.3) is 0 Å². The number of carbonyl (C=O) groups is 1. The fourth-order valence-electron chi connectivity index (χ4n) is 2.85. The summed E-state index contributed by atoms with van der Waals surface area (Å²) >= 11 is 0. The highest BCUT2D eigenvalue weighted by molar-refractivity contribution is 6.05. The van der Waals surface area contributed by atoms with Gasteiger partial charge in [-0.3, -0.25) is 9.78 Å². The number of pyridine rings is 1. The predicted molar refractivity (Wildman–Crippen MR) is 107 cm³/mol. The minimum atomic E-state index is -0.166. The smallest absolute Gasteiger partial charge is 0.276 e. The van der Waals surface area contributed by atoms with E-state index in [2.05, 4.69) is 16.4 Å². The number of nitrogens with zero attached hydrogens (tertiary/aromatic N) is 3. The number of anilines is 3. The van der Waals surface area contributed by atoms with Gasteiger partial charge in [0.15, 0.2) is 0 Å². The van der Waals surface area contributed by atoms with E-state index in [1.807, 2.05) is 56.3 Å². The molecule has 1 N–H and O–H groups in total. The van der Waals surface area contributed by atoms with Crippen molar-refractivity contribution in [1.82, 2.24) is 4.98 Å². The summed E-state index contributed by atoms with van der Waals surface area (Å²) in [6.45, 7) is 4.47. The fraction of sp³-hybridized carbons (Fsp3) is 0.136. The van der Waals surface area contributed by atoms with Gasteiger partial charge in [-0.1, -0.05) is 24.3 Å². The van der Waals surface area contributed by atoms with E-state index in [1.165, 1.54) is 0 Å². The third kappa shape index (κ3) is 4.13. The van der Waals surface area contributed by atoms with Gasteiger partial charge >= 0.3 is 0 Å². The molecule has 134 valence electrons. The van der Waals surface area contributed by atoms with Crippen molar-refractivity contribution in [1.29, 1.82) is 5.26 Å². The molecule has 3 rings (SSSR count). The van der Waals surface area contributed by atoms with Crippen molar-refractivity contribution < 1.29 is 4.79 Å². The van der Waals surface area contributed by atoms with Gasteiger partial charge in [-0.15, -0.1) is 0 Å². The van der Waals surface area contributed by atoms with Crippen molar-refractivity contribution in [3.63, 3.8) is 0 Å². The van der Waals surface area contributed by atoms with Gasteiger partial charge in [-0.25, -0.2) is 0 Å². The molecule has 5 nitrogen and oxygen atoms in total. The average Bonchev–Trinajstić information content (AvgIpc) is 2.69. The van der Waals surface area contributed by atoms with Crippen LogP contribution in [0, 0.1) is 18.3 Å². The third-order valence-corrected chi connectivity index (χ3v) is 4.18. The van der Waals surface area contributed by atoms with E-state index in [9.17, 15) is 10.1 Å². The van der Waals surface area contributed by atoms with Crippen molar-refractivity contribution in [3.05, 3.63) is 83.7 Å². The highest BCUT2D eigenvalue weighted by atomic mass is 16.2. The molecule has 5 heteroatoms. The monoisotopic (exact) mass is 356 g/mol. The number of benzene rings is 2. The minimum Gasteiger partial charge on any atom is -0.354 e. The van der Waals surface area contributed by atoms with Gasteiger partial charge in [0, 0.05) is 24.1 Å². The summed E-state index contributed by atoms with van der Waals surface area (Å²) in [5.74, 6) is -0.166. The number of rotatable bonds is 5. The molecule has 0 aliphatic rings. The number of aromatic nitrogens is 1. The van der Waals surface area contributed by atoms with E-state index >= 15 is 0 Å². The highest BCUT2D eigenvalue weighted by Crippen LogP contribution is 2.22. The lowest BCUT2D eigenvalue weighted by Crippen LogP contribution is -2.31. The first-order valence-electron chi connectivity index (χ1n) is 8.73. The summed E-state index contributed by atoms with van der Waals surface area (Å²) in [5, 5.41) is 12.4. The molecule has 2 aromatic carbocycles. The van der Waals surface area contributed by atoms with Crippen LogP contribution in [0.2, 0.25) is 0 Å². The molecule has 0 atom stereocenters. The fourth-order valence-corrected chi connectivity index (χ4v) is 2.85. The van der Waals surface area contributed by atoms with Crippen molar-refractivity contribution in [2.75, 3.05) is 16.8 Å². The molecular weight excluding hydrogens is 336 g/mol. The maximum Gasteiger partial charge on any atom is 0.276 e. The van der Waals surface area contributed by atoms with E-state index in [0.717, 1.165) is 11.3 Å². The Balaban J connectivity index is 1.88. The first kappa shape index (κ1) is 18.2. The topological polar surface area (TPSA) is 69.0 Å². The molecule has 0 saturated carbocycles. The molecular formula is C22H20N4O. The van der Waals surface area contributed by atoms with Crippen molar-refractivity contribution in [3.8, 4) is 6.07 Å². The van der Waals surface area contributed by atoms with E-state index < -0.39 is 0 Å². The van der Waals surface area contributed by atoms with Gasteiger partial charge in [0.05, 0.1) is 11.3 Å². The number of para-hydroxylation sites is 1. The van der Waals surface area contributed by atoms with Crippen LogP contribution in [0.3, 0.4) is 0 Å². The Morgan fingerprint density at radius 1 is 1.15 bits per heavy atom. The van der Waals surface area contributed by atoms with Gasteiger partial charge in [0.25, 0.3) is 5.91 Å². The second kappa shape index (κ2) is 8.15. The van der Waals surface area contributed by atoms with Crippen LogP contribution in [-0.2, 0) is 0 Å². The number of carbonyl (C=O) groups excluding carboxylic acids is 1. The predicted octanol–water partition coefficient (Wildman–Crippen LogP) is 4.67. The Morgan fingerprint density at radius 2 is 1.96 bits per heavy atom. The largest absolute Gasteiger partial charge is 0.354 e. The van der Waals surface area contributed by atoms with Crippen LogP contribution in [0.15, 0.2) is 66.9 Å². The van der Waals surface area contributed by atoms with E-state index in [0.29, 0.717) is 29.2 Å². The van der Waals surface area contributed by atoms with Crippen molar-refractivity contribution in [2.24, 2.45) is 0 Å². The minimum absolute atomic E-state index is 0.166. The van der Waals surface area contributed by atoms with Crippen LogP contribution >= 0.6 is 0 Å². The van der Waals surface area contributed by atoms with Gasteiger partial charge < -0.3 is 10.2 Å². The number of hydrogen-bond acceptors (Lipinski definition) is 4. The van der Waals surface area contributed by atoms with Crippen LogP contribution in [-0.4, -0.2) is 17.4 Å². The van der Waals surface area contributed by atoms with Crippen LogP contribution in [0.1, 0.15) is 28.5 Å². The van der Waals surface area contributed by atoms with Crippen molar-refractivity contribution >= 4 is 23.0 Å². The van der Waals surface area contributed by atoms with E-state index in [-0.39, 0.29) is 5.91 Å². The SMILES string of the molecule is CCN(C(=O)c1cc(Nc2ccccc2C#N)ccn1)c1cccc(C)c1. The zero-order chi connectivity index (χ0) is 19.2. The zero-order valence-electron chi connectivity index (χ0n) is 15.3. The molecule has 0 unspecified atom stereocenters. The molecule has 1 amide bonds. The molecule has 1 aromatic heterocycles. The number of amides is 1. The Labute approximate surface area is 158 Å². The summed E-state index contributed by atoms with van der Waals surface area (Å²) in [4.78, 5) is 18.9. The quantitative estimate of drug-likeness (QED) is 0.721. The van der Waals surface area contributed by atoms with Crippen LogP contribution in [0.4, 0.5) is 17.1 Å². The van der Waals surface area contributed by atoms with Gasteiger partial charge in [-0.2, -0.15) is 5.26 Å². The number of nitriles is 1. The summed E-state index contributed by atoms with van der Waals surface area (Å²) < 4.78 is 0. The Kier molecular flexibility index (Phi) is 5.48. The molecule has 0 spiro atoms. The van der Waals surface area contributed by atoms with Gasteiger partial charge in [0.2, 0.25) is 0 Å². The number of aryl methyl sites for hydroxylation is 1. The maximum absolute atomic E-state index is 13.0. The molecule has 0 fully saturated rings.